The Kier molecular flexibility index (Phi) is 5.86. The van der Waals surface area contributed by atoms with Crippen molar-refractivity contribution in [2.24, 2.45) is 0 Å². The van der Waals surface area contributed by atoms with Gasteiger partial charge in [0.15, 0.2) is 0 Å². The molecular weight excluding hydrogens is 295 g/mol. The molecule has 2 aromatic rings. The Labute approximate surface area is 134 Å². The Hall–Kier alpha value is -2.69. The van der Waals surface area contributed by atoms with Gasteiger partial charge in [-0.25, -0.2) is 4.39 Å². The van der Waals surface area contributed by atoms with Gasteiger partial charge >= 0.3 is 11.8 Å². The van der Waals surface area contributed by atoms with E-state index >= 15 is 0 Å². The van der Waals surface area contributed by atoms with E-state index in [0.29, 0.717) is 25.2 Å². The molecule has 2 aromatic carbocycles. The molecule has 0 bridgehead atoms. The molecule has 0 aliphatic heterocycles. The van der Waals surface area contributed by atoms with E-state index in [4.69, 9.17) is 0 Å². The first kappa shape index (κ1) is 16.7. The summed E-state index contributed by atoms with van der Waals surface area (Å²) in [6, 6.07) is 15.1. The van der Waals surface area contributed by atoms with Gasteiger partial charge in [0, 0.05) is 18.8 Å². The minimum absolute atomic E-state index is 0.297. The van der Waals surface area contributed by atoms with Crippen molar-refractivity contribution >= 4 is 17.5 Å². The molecule has 23 heavy (non-hydrogen) atoms. The monoisotopic (exact) mass is 314 g/mol. The summed E-state index contributed by atoms with van der Waals surface area (Å²) in [6.07, 6.45) is 0.538. The lowest BCUT2D eigenvalue weighted by Crippen LogP contribution is -2.43. The fraction of sp³-hybridized carbons (Fsp3) is 0.222. The van der Waals surface area contributed by atoms with Crippen LogP contribution in [0.3, 0.4) is 0 Å². The Bertz CT molecular complexity index is 656. The van der Waals surface area contributed by atoms with Gasteiger partial charge in [0.2, 0.25) is 0 Å². The third-order valence-corrected chi connectivity index (χ3v) is 3.44. The highest BCUT2D eigenvalue weighted by Crippen LogP contribution is 2.13. The number of carbonyl (C=O) groups is 2. The zero-order valence-corrected chi connectivity index (χ0v) is 13.0. The van der Waals surface area contributed by atoms with Crippen molar-refractivity contribution in [2.45, 2.75) is 13.3 Å². The number of rotatable bonds is 5. The van der Waals surface area contributed by atoms with Crippen molar-refractivity contribution in [3.05, 3.63) is 66.0 Å². The van der Waals surface area contributed by atoms with Gasteiger partial charge in [0.05, 0.1) is 0 Å². The normalized spacial score (nSPS) is 10.2. The summed E-state index contributed by atoms with van der Waals surface area (Å²) in [4.78, 5) is 25.6. The lowest BCUT2D eigenvalue weighted by Gasteiger charge is -2.20. The van der Waals surface area contributed by atoms with Crippen LogP contribution >= 0.6 is 0 Å². The van der Waals surface area contributed by atoms with Gasteiger partial charge in [-0.2, -0.15) is 0 Å². The van der Waals surface area contributed by atoms with E-state index in [0.717, 1.165) is 5.56 Å². The van der Waals surface area contributed by atoms with E-state index < -0.39 is 11.8 Å². The van der Waals surface area contributed by atoms with Crippen LogP contribution in [0, 0.1) is 5.82 Å². The van der Waals surface area contributed by atoms with Crippen molar-refractivity contribution in [3.8, 4) is 0 Å². The van der Waals surface area contributed by atoms with Crippen LogP contribution in [0.2, 0.25) is 0 Å². The third kappa shape index (κ3) is 4.64. The average Bonchev–Trinajstić information content (AvgIpc) is 2.58. The van der Waals surface area contributed by atoms with Crippen LogP contribution in [0.15, 0.2) is 54.6 Å². The number of carbonyl (C=O) groups excluding carboxylic acids is 2. The molecule has 1 N–H and O–H groups in total. The van der Waals surface area contributed by atoms with E-state index in [9.17, 15) is 14.0 Å². The second-order valence-electron chi connectivity index (χ2n) is 5.02. The van der Waals surface area contributed by atoms with Crippen molar-refractivity contribution in [1.82, 2.24) is 5.32 Å². The standard InChI is InChI=1S/C18H19FN2O2/c1-2-21(16-6-4-3-5-7-16)18(23)17(22)20-13-12-14-8-10-15(19)11-9-14/h3-11H,2,12-13H2,1H3,(H,20,22). The number of para-hydroxylation sites is 1. The number of nitrogens with zero attached hydrogens (tertiary/aromatic N) is 1. The number of hydrogen-bond acceptors (Lipinski definition) is 2. The number of anilines is 1. The van der Waals surface area contributed by atoms with Gasteiger partial charge in [0.25, 0.3) is 0 Å². The molecule has 0 unspecified atom stereocenters. The molecule has 0 atom stereocenters. The van der Waals surface area contributed by atoms with E-state index in [1.165, 1.54) is 17.0 Å². The van der Waals surface area contributed by atoms with Crippen molar-refractivity contribution in [1.29, 1.82) is 0 Å². The van der Waals surface area contributed by atoms with Gasteiger partial charge in [-0.3, -0.25) is 9.59 Å². The maximum absolute atomic E-state index is 12.8. The summed E-state index contributed by atoms with van der Waals surface area (Å²) in [7, 11) is 0. The second-order valence-corrected chi connectivity index (χ2v) is 5.02. The number of halogens is 1. The molecule has 0 aliphatic rings. The van der Waals surface area contributed by atoms with Crippen LogP contribution in [0.4, 0.5) is 10.1 Å². The van der Waals surface area contributed by atoms with Crippen molar-refractivity contribution in [3.63, 3.8) is 0 Å². The molecule has 0 radical (unpaired) electrons. The maximum atomic E-state index is 12.8. The molecule has 0 aliphatic carbocycles. The third-order valence-electron chi connectivity index (χ3n) is 3.44. The predicted octanol–water partition coefficient (Wildman–Crippen LogP) is 2.54. The number of hydrogen-bond donors (Lipinski definition) is 1. The number of benzene rings is 2. The second kappa shape index (κ2) is 8.08. The fourth-order valence-electron chi connectivity index (χ4n) is 2.22. The number of nitrogens with one attached hydrogen (secondary N) is 1. The molecule has 0 aromatic heterocycles. The maximum Gasteiger partial charge on any atom is 0.316 e. The summed E-state index contributed by atoms with van der Waals surface area (Å²) in [5.41, 5.74) is 1.59. The highest BCUT2D eigenvalue weighted by molar-refractivity contribution is 6.40. The van der Waals surface area contributed by atoms with Gasteiger partial charge in [-0.05, 0) is 43.2 Å². The average molecular weight is 314 g/mol. The fourth-order valence-corrected chi connectivity index (χ4v) is 2.22. The van der Waals surface area contributed by atoms with Gasteiger partial charge < -0.3 is 10.2 Å². The van der Waals surface area contributed by atoms with E-state index in [2.05, 4.69) is 5.32 Å². The first-order valence-corrected chi connectivity index (χ1v) is 7.51. The smallest absolute Gasteiger partial charge is 0.316 e. The first-order valence-electron chi connectivity index (χ1n) is 7.51. The van der Waals surface area contributed by atoms with Gasteiger partial charge in [-0.1, -0.05) is 30.3 Å². The molecule has 2 amide bonds. The summed E-state index contributed by atoms with van der Waals surface area (Å²) < 4.78 is 12.8. The largest absolute Gasteiger partial charge is 0.347 e. The zero-order valence-electron chi connectivity index (χ0n) is 13.0. The van der Waals surface area contributed by atoms with Crippen LogP contribution < -0.4 is 10.2 Å². The molecule has 120 valence electrons. The summed E-state index contributed by atoms with van der Waals surface area (Å²) >= 11 is 0. The highest BCUT2D eigenvalue weighted by atomic mass is 19.1. The zero-order chi connectivity index (χ0) is 16.7. The minimum Gasteiger partial charge on any atom is -0.347 e. The Morgan fingerprint density at radius 1 is 1.04 bits per heavy atom. The summed E-state index contributed by atoms with van der Waals surface area (Å²) in [5, 5.41) is 2.61. The van der Waals surface area contributed by atoms with E-state index in [1.54, 1.807) is 24.3 Å². The van der Waals surface area contributed by atoms with E-state index in [1.807, 2.05) is 25.1 Å². The SMILES string of the molecule is CCN(C(=O)C(=O)NCCc1ccc(F)cc1)c1ccccc1. The lowest BCUT2D eigenvalue weighted by atomic mass is 10.1. The topological polar surface area (TPSA) is 49.4 Å². The van der Waals surface area contributed by atoms with Gasteiger partial charge in [0.1, 0.15) is 5.82 Å². The number of amides is 2. The molecule has 2 rings (SSSR count). The Morgan fingerprint density at radius 2 is 1.70 bits per heavy atom. The molecular formula is C18H19FN2O2. The van der Waals surface area contributed by atoms with E-state index in [-0.39, 0.29) is 5.82 Å². The molecule has 4 nitrogen and oxygen atoms in total. The van der Waals surface area contributed by atoms with Crippen LogP contribution in [0.1, 0.15) is 12.5 Å². The van der Waals surface area contributed by atoms with Crippen molar-refractivity contribution in [2.75, 3.05) is 18.0 Å². The molecule has 5 heteroatoms. The van der Waals surface area contributed by atoms with Crippen LogP contribution in [-0.2, 0) is 16.0 Å². The minimum atomic E-state index is -0.641. The first-order chi connectivity index (χ1) is 11.1. The quantitative estimate of drug-likeness (QED) is 0.862. The van der Waals surface area contributed by atoms with Gasteiger partial charge in [-0.15, -0.1) is 0 Å². The molecule has 0 fully saturated rings. The number of likely N-dealkylation sites (N-methyl/N-ethyl adjacent to an activating group) is 1. The Balaban J connectivity index is 1.89. The van der Waals surface area contributed by atoms with Crippen molar-refractivity contribution < 1.29 is 14.0 Å². The van der Waals surface area contributed by atoms with Crippen LogP contribution in [-0.4, -0.2) is 24.9 Å². The summed E-state index contributed by atoms with van der Waals surface area (Å²) in [6.45, 7) is 2.55. The molecule has 0 spiro atoms. The molecule has 0 saturated carbocycles. The van der Waals surface area contributed by atoms with Crippen LogP contribution in [0.25, 0.3) is 0 Å². The predicted molar refractivity (Wildman–Crippen MR) is 87.6 cm³/mol. The summed E-state index contributed by atoms with van der Waals surface area (Å²) in [5.74, 6) is -1.52. The molecule has 0 heterocycles. The lowest BCUT2D eigenvalue weighted by molar-refractivity contribution is -0.137. The Morgan fingerprint density at radius 3 is 2.30 bits per heavy atom. The molecule has 0 saturated heterocycles. The van der Waals surface area contributed by atoms with Crippen LogP contribution in [0.5, 0.6) is 0 Å². The highest BCUT2D eigenvalue weighted by Gasteiger charge is 2.21.